The number of urea groups is 1. The molecule has 3 N–H and O–H groups in total. The van der Waals surface area contributed by atoms with E-state index in [0.29, 0.717) is 37.6 Å². The minimum Gasteiger partial charge on any atom is -0.444 e. The number of carbonyl (C=O) groups is 3. The Balaban J connectivity index is 1.71. The largest absolute Gasteiger partial charge is 0.444 e. The fourth-order valence-electron chi connectivity index (χ4n) is 3.01. The first-order valence-corrected chi connectivity index (χ1v) is 10.2. The summed E-state index contributed by atoms with van der Waals surface area (Å²) >= 11 is 0. The molecule has 1 saturated heterocycles. The van der Waals surface area contributed by atoms with Crippen molar-refractivity contribution in [3.63, 3.8) is 0 Å². The predicted molar refractivity (Wildman–Crippen MR) is 117 cm³/mol. The van der Waals surface area contributed by atoms with E-state index in [1.165, 1.54) is 6.92 Å². The van der Waals surface area contributed by atoms with Gasteiger partial charge in [0.1, 0.15) is 5.60 Å². The molecule has 0 bridgehead atoms. The molecule has 166 valence electrons. The molecule has 2 rings (SSSR count). The van der Waals surface area contributed by atoms with Crippen molar-refractivity contribution in [3.8, 4) is 0 Å². The number of aryl methyl sites for hydroxylation is 1. The molecule has 1 aliphatic rings. The van der Waals surface area contributed by atoms with Crippen LogP contribution in [0.5, 0.6) is 0 Å². The summed E-state index contributed by atoms with van der Waals surface area (Å²) in [6.07, 6.45) is -0.281. The number of carbonyl (C=O) groups excluding carboxylic acids is 3. The zero-order valence-corrected chi connectivity index (χ0v) is 18.5. The van der Waals surface area contributed by atoms with E-state index < -0.39 is 5.60 Å². The van der Waals surface area contributed by atoms with Crippen molar-refractivity contribution in [3.05, 3.63) is 23.8 Å². The molecule has 0 atom stereocenters. The predicted octanol–water partition coefficient (Wildman–Crippen LogP) is 2.63. The van der Waals surface area contributed by atoms with Gasteiger partial charge in [-0.25, -0.2) is 9.59 Å². The molecule has 4 amide bonds. The number of piperazine rings is 1. The van der Waals surface area contributed by atoms with Crippen molar-refractivity contribution in [2.24, 2.45) is 0 Å². The van der Waals surface area contributed by atoms with E-state index in [0.717, 1.165) is 18.7 Å². The van der Waals surface area contributed by atoms with Gasteiger partial charge >= 0.3 is 12.1 Å². The number of amides is 4. The molecule has 0 aliphatic carbocycles. The van der Waals surface area contributed by atoms with Gasteiger partial charge in [0.25, 0.3) is 0 Å². The van der Waals surface area contributed by atoms with Crippen LogP contribution in [-0.2, 0) is 9.53 Å². The zero-order chi connectivity index (χ0) is 22.3. The van der Waals surface area contributed by atoms with Crippen LogP contribution in [-0.4, -0.2) is 72.7 Å². The fourth-order valence-corrected chi connectivity index (χ4v) is 3.01. The van der Waals surface area contributed by atoms with E-state index in [-0.39, 0.29) is 18.0 Å². The van der Waals surface area contributed by atoms with Gasteiger partial charge in [0.2, 0.25) is 5.91 Å². The van der Waals surface area contributed by atoms with Crippen molar-refractivity contribution in [2.75, 3.05) is 49.9 Å². The normalized spacial score (nSPS) is 14.8. The zero-order valence-electron chi connectivity index (χ0n) is 18.5. The van der Waals surface area contributed by atoms with Crippen LogP contribution < -0.4 is 16.0 Å². The Kier molecular flexibility index (Phi) is 8.05. The first kappa shape index (κ1) is 23.5. The van der Waals surface area contributed by atoms with Gasteiger partial charge in [0, 0.05) is 57.6 Å². The van der Waals surface area contributed by atoms with Crippen molar-refractivity contribution in [1.29, 1.82) is 0 Å². The third-order valence-electron chi connectivity index (χ3n) is 4.54. The van der Waals surface area contributed by atoms with Crippen molar-refractivity contribution in [2.45, 2.75) is 40.2 Å². The lowest BCUT2D eigenvalue weighted by atomic mass is 10.2. The van der Waals surface area contributed by atoms with Gasteiger partial charge in [-0.2, -0.15) is 0 Å². The summed E-state index contributed by atoms with van der Waals surface area (Å²) in [6, 6.07) is 5.05. The Bertz CT molecular complexity index is 767. The monoisotopic (exact) mass is 419 g/mol. The van der Waals surface area contributed by atoms with Crippen LogP contribution in [0.3, 0.4) is 0 Å². The van der Waals surface area contributed by atoms with Gasteiger partial charge in [-0.3, -0.25) is 9.69 Å². The average molecular weight is 420 g/mol. The van der Waals surface area contributed by atoms with Gasteiger partial charge < -0.3 is 25.6 Å². The van der Waals surface area contributed by atoms with Gasteiger partial charge in [0.15, 0.2) is 0 Å². The molecule has 1 aromatic carbocycles. The summed E-state index contributed by atoms with van der Waals surface area (Å²) in [5.74, 6) is -0.161. The van der Waals surface area contributed by atoms with Crippen molar-refractivity contribution >= 4 is 29.4 Å². The number of nitrogens with one attached hydrogen (secondary N) is 3. The maximum absolute atomic E-state index is 12.1. The van der Waals surface area contributed by atoms with Crippen LogP contribution >= 0.6 is 0 Å². The third kappa shape index (κ3) is 7.90. The smallest absolute Gasteiger partial charge is 0.410 e. The molecular formula is C21H33N5O4. The van der Waals surface area contributed by atoms with Gasteiger partial charge in [0.05, 0.1) is 0 Å². The van der Waals surface area contributed by atoms with Crippen LogP contribution in [0.4, 0.5) is 21.0 Å². The van der Waals surface area contributed by atoms with Crippen LogP contribution in [0.1, 0.15) is 33.3 Å². The second-order valence-corrected chi connectivity index (χ2v) is 8.40. The van der Waals surface area contributed by atoms with E-state index in [2.05, 4.69) is 20.9 Å². The van der Waals surface area contributed by atoms with Crippen molar-refractivity contribution < 1.29 is 19.1 Å². The van der Waals surface area contributed by atoms with E-state index in [9.17, 15) is 14.4 Å². The molecule has 30 heavy (non-hydrogen) atoms. The molecule has 1 fully saturated rings. The van der Waals surface area contributed by atoms with Gasteiger partial charge in [-0.15, -0.1) is 0 Å². The van der Waals surface area contributed by atoms with Crippen molar-refractivity contribution in [1.82, 2.24) is 15.1 Å². The van der Waals surface area contributed by atoms with Gasteiger partial charge in [-0.05, 0) is 45.4 Å². The number of nitrogens with zero attached hydrogens (tertiary/aromatic N) is 2. The summed E-state index contributed by atoms with van der Waals surface area (Å²) in [5, 5.41) is 8.35. The average Bonchev–Trinajstić information content (AvgIpc) is 2.63. The first-order chi connectivity index (χ1) is 14.0. The Hall–Kier alpha value is -2.81. The second kappa shape index (κ2) is 10.3. The molecule has 9 heteroatoms. The Morgan fingerprint density at radius 1 is 1.07 bits per heavy atom. The molecule has 0 unspecified atom stereocenters. The number of benzene rings is 1. The Morgan fingerprint density at radius 2 is 1.73 bits per heavy atom. The van der Waals surface area contributed by atoms with Crippen LogP contribution in [0, 0.1) is 6.92 Å². The van der Waals surface area contributed by atoms with Gasteiger partial charge in [-0.1, -0.05) is 6.07 Å². The highest BCUT2D eigenvalue weighted by molar-refractivity contribution is 5.93. The van der Waals surface area contributed by atoms with E-state index in [1.807, 2.05) is 33.8 Å². The molecule has 0 aromatic heterocycles. The molecule has 0 radical (unpaired) electrons. The SMILES string of the molecule is CC(=O)Nc1cc(NC(=O)NCCN2CCN(C(=O)OC(C)(C)C)CC2)ccc1C. The lowest BCUT2D eigenvalue weighted by Crippen LogP contribution is -2.51. The topological polar surface area (TPSA) is 103 Å². The lowest BCUT2D eigenvalue weighted by Gasteiger charge is -2.35. The summed E-state index contributed by atoms with van der Waals surface area (Å²) < 4.78 is 5.40. The molecule has 1 heterocycles. The highest BCUT2D eigenvalue weighted by Crippen LogP contribution is 2.20. The minimum atomic E-state index is -0.494. The lowest BCUT2D eigenvalue weighted by molar-refractivity contribution is -0.114. The standard InChI is InChI=1S/C21H33N5O4/c1-15-6-7-17(14-18(15)23-16(2)27)24-19(28)22-8-9-25-10-12-26(13-11-25)20(29)30-21(3,4)5/h6-7,14H,8-13H2,1-5H3,(H,23,27)(H2,22,24,28). The van der Waals surface area contributed by atoms with Crippen LogP contribution in [0.2, 0.25) is 0 Å². The van der Waals surface area contributed by atoms with E-state index in [1.54, 1.807) is 17.0 Å². The highest BCUT2D eigenvalue weighted by Gasteiger charge is 2.25. The van der Waals surface area contributed by atoms with Crippen LogP contribution in [0.25, 0.3) is 0 Å². The number of rotatable bonds is 5. The third-order valence-corrected chi connectivity index (χ3v) is 4.54. The molecule has 1 aliphatic heterocycles. The number of hydrogen-bond donors (Lipinski definition) is 3. The number of hydrogen-bond acceptors (Lipinski definition) is 5. The first-order valence-electron chi connectivity index (χ1n) is 10.2. The molecular weight excluding hydrogens is 386 g/mol. The molecule has 0 spiro atoms. The maximum Gasteiger partial charge on any atom is 0.410 e. The number of anilines is 2. The summed E-state index contributed by atoms with van der Waals surface area (Å²) in [5.41, 5.74) is 1.70. The molecule has 0 saturated carbocycles. The minimum absolute atomic E-state index is 0.161. The fraction of sp³-hybridized carbons (Fsp3) is 0.571. The van der Waals surface area contributed by atoms with E-state index >= 15 is 0 Å². The Labute approximate surface area is 178 Å². The summed E-state index contributed by atoms with van der Waals surface area (Å²) in [4.78, 5) is 39.4. The number of ether oxygens (including phenoxy) is 1. The highest BCUT2D eigenvalue weighted by atomic mass is 16.6. The quantitative estimate of drug-likeness (QED) is 0.681. The second-order valence-electron chi connectivity index (χ2n) is 8.40. The maximum atomic E-state index is 12.1. The summed E-state index contributed by atoms with van der Waals surface area (Å²) in [7, 11) is 0. The Morgan fingerprint density at radius 3 is 2.33 bits per heavy atom. The molecule has 1 aromatic rings. The van der Waals surface area contributed by atoms with E-state index in [4.69, 9.17) is 4.74 Å². The van der Waals surface area contributed by atoms with Crippen LogP contribution in [0.15, 0.2) is 18.2 Å². The summed E-state index contributed by atoms with van der Waals surface area (Å²) in [6.45, 7) is 12.8. The molecule has 9 nitrogen and oxygen atoms in total.